The molecule has 1 heterocycles. The number of carbonyl (C=O) groups is 2. The molecule has 0 spiro atoms. The zero-order chi connectivity index (χ0) is 25.2. The first-order valence-electron chi connectivity index (χ1n) is 11.5. The maximum absolute atomic E-state index is 13.0. The largest absolute Gasteiger partial charge is 0.481 e. The number of hydrogen-bond donors (Lipinski definition) is 3. The van der Waals surface area contributed by atoms with Gasteiger partial charge in [0, 0.05) is 28.2 Å². The zero-order valence-corrected chi connectivity index (χ0v) is 21.2. The highest BCUT2D eigenvalue weighted by Gasteiger charge is 2.23. The summed E-state index contributed by atoms with van der Waals surface area (Å²) in [4.78, 5) is 25.7. The molecule has 7 nitrogen and oxygen atoms in total. The number of hydrogen-bond acceptors (Lipinski definition) is 6. The van der Waals surface area contributed by atoms with Gasteiger partial charge >= 0.3 is 12.0 Å². The Morgan fingerprint density at radius 3 is 2.36 bits per heavy atom. The van der Waals surface area contributed by atoms with Gasteiger partial charge in [-0.3, -0.25) is 4.79 Å². The summed E-state index contributed by atoms with van der Waals surface area (Å²) in [5.41, 5.74) is 1.87. The second-order valence-electron chi connectivity index (χ2n) is 8.20. The summed E-state index contributed by atoms with van der Waals surface area (Å²) in [6.07, 6.45) is -0.251. The molecule has 2 atom stereocenters. The normalized spacial score (nSPS) is 13.6. The van der Waals surface area contributed by atoms with Crippen LogP contribution in [0.25, 0.3) is 0 Å². The molecule has 36 heavy (non-hydrogen) atoms. The van der Waals surface area contributed by atoms with Crippen molar-refractivity contribution in [2.75, 3.05) is 18.3 Å². The number of nitrogens with one attached hydrogen (secondary N) is 2. The summed E-state index contributed by atoms with van der Waals surface area (Å²) < 4.78 is 10.8. The summed E-state index contributed by atoms with van der Waals surface area (Å²) >= 11 is 3.43. The topological polar surface area (TPSA) is 96.9 Å². The summed E-state index contributed by atoms with van der Waals surface area (Å²) in [5.74, 6) is 2.38. The molecule has 0 saturated carbocycles. The van der Waals surface area contributed by atoms with E-state index in [-0.39, 0.29) is 19.3 Å². The lowest BCUT2D eigenvalue weighted by atomic mass is 10.0. The fourth-order valence-corrected chi connectivity index (χ4v) is 5.81. The van der Waals surface area contributed by atoms with E-state index in [1.54, 1.807) is 41.7 Å². The molecule has 0 radical (unpaired) electrons. The van der Waals surface area contributed by atoms with Gasteiger partial charge in [0.1, 0.15) is 0 Å². The third-order valence-corrected chi connectivity index (χ3v) is 7.79. The second-order valence-corrected chi connectivity index (χ2v) is 10.3. The quantitative estimate of drug-likeness (QED) is 0.276. The Bertz CT molecular complexity index is 1150. The number of amides is 2. The van der Waals surface area contributed by atoms with Crippen molar-refractivity contribution in [1.29, 1.82) is 0 Å². The molecule has 3 N–H and O–H groups in total. The van der Waals surface area contributed by atoms with Crippen molar-refractivity contribution in [1.82, 2.24) is 10.6 Å². The van der Waals surface area contributed by atoms with Gasteiger partial charge in [-0.05, 0) is 35.4 Å². The predicted molar refractivity (Wildman–Crippen MR) is 143 cm³/mol. The van der Waals surface area contributed by atoms with Crippen LogP contribution in [0, 0.1) is 0 Å². The molecule has 2 unspecified atom stereocenters. The minimum Gasteiger partial charge on any atom is -0.481 e. The Hall–Kier alpha value is -3.30. The highest BCUT2D eigenvalue weighted by Crippen LogP contribution is 2.34. The van der Waals surface area contributed by atoms with Crippen molar-refractivity contribution < 1.29 is 24.2 Å². The van der Waals surface area contributed by atoms with Crippen LogP contribution in [0.4, 0.5) is 4.79 Å². The first kappa shape index (κ1) is 25.8. The molecule has 0 fully saturated rings. The third kappa shape index (κ3) is 7.86. The maximum Gasteiger partial charge on any atom is 0.315 e. The molecule has 3 aromatic rings. The molecule has 1 aliphatic rings. The maximum atomic E-state index is 13.0. The molecule has 9 heteroatoms. The fourth-order valence-electron chi connectivity index (χ4n) is 3.68. The lowest BCUT2D eigenvalue weighted by molar-refractivity contribution is -0.137. The van der Waals surface area contributed by atoms with Gasteiger partial charge in [-0.15, -0.1) is 11.8 Å². The van der Waals surface area contributed by atoms with Crippen molar-refractivity contribution in [3.63, 3.8) is 0 Å². The molecule has 188 valence electrons. The number of aliphatic carboxylic acids is 1. The standard InChI is InChI=1S/C27H28N2O5S2/c30-26(31)14-23(20-11-12-24-25(13-20)34-18-33-24)29-27(32)28-21(17-36-22-9-5-2-6-10-22)16-35-15-19-7-3-1-4-8-19/h1-13,21,23H,14-18H2,(H,30,31)(H2,28,29,32). The molecule has 0 bridgehead atoms. The van der Waals surface area contributed by atoms with Gasteiger partial charge in [-0.1, -0.05) is 54.6 Å². The smallest absolute Gasteiger partial charge is 0.315 e. The van der Waals surface area contributed by atoms with E-state index >= 15 is 0 Å². The molecule has 4 rings (SSSR count). The first-order chi connectivity index (χ1) is 17.6. The number of carbonyl (C=O) groups excluding carboxylic acids is 1. The Labute approximate surface area is 219 Å². The van der Waals surface area contributed by atoms with Crippen molar-refractivity contribution >= 4 is 35.5 Å². The molecule has 0 aromatic heterocycles. The van der Waals surface area contributed by atoms with Crippen LogP contribution in [0.15, 0.2) is 83.8 Å². The van der Waals surface area contributed by atoms with Crippen LogP contribution < -0.4 is 20.1 Å². The number of fused-ring (bicyclic) bond motifs is 1. The number of benzene rings is 3. The average Bonchev–Trinajstić information content (AvgIpc) is 3.36. The first-order valence-corrected chi connectivity index (χ1v) is 13.7. The monoisotopic (exact) mass is 524 g/mol. The van der Waals surface area contributed by atoms with Crippen LogP contribution in [-0.2, 0) is 10.5 Å². The Balaban J connectivity index is 1.39. The number of ether oxygens (including phenoxy) is 2. The molecular weight excluding hydrogens is 496 g/mol. The highest BCUT2D eigenvalue weighted by atomic mass is 32.2. The SMILES string of the molecule is O=C(O)CC(NC(=O)NC(CSCc1ccccc1)CSc1ccccc1)c1ccc2c(c1)OCO2. The Morgan fingerprint density at radius 1 is 0.889 bits per heavy atom. The number of urea groups is 1. The fraction of sp³-hybridized carbons (Fsp3) is 0.259. The molecule has 0 aliphatic carbocycles. The number of carboxylic acid groups (broad SMARTS) is 1. The van der Waals surface area contributed by atoms with Crippen LogP contribution in [-0.4, -0.2) is 41.4 Å². The van der Waals surface area contributed by atoms with Gasteiger partial charge in [0.2, 0.25) is 6.79 Å². The van der Waals surface area contributed by atoms with Crippen LogP contribution >= 0.6 is 23.5 Å². The number of carboxylic acids is 1. The predicted octanol–water partition coefficient (Wildman–Crippen LogP) is 5.32. The summed E-state index contributed by atoms with van der Waals surface area (Å²) in [6.45, 7) is 0.123. The highest BCUT2D eigenvalue weighted by molar-refractivity contribution is 8.00. The van der Waals surface area contributed by atoms with E-state index in [2.05, 4.69) is 22.8 Å². The molecule has 1 aliphatic heterocycles. The Kier molecular flexibility index (Phi) is 9.40. The van der Waals surface area contributed by atoms with Gasteiger partial charge in [-0.2, -0.15) is 11.8 Å². The summed E-state index contributed by atoms with van der Waals surface area (Å²) in [7, 11) is 0. The van der Waals surface area contributed by atoms with E-state index in [4.69, 9.17) is 9.47 Å². The van der Waals surface area contributed by atoms with Crippen LogP contribution in [0.1, 0.15) is 23.6 Å². The minimum absolute atomic E-state index is 0.119. The van der Waals surface area contributed by atoms with Crippen LogP contribution in [0.5, 0.6) is 11.5 Å². The number of thioether (sulfide) groups is 2. The Morgan fingerprint density at radius 2 is 1.61 bits per heavy atom. The van der Waals surface area contributed by atoms with E-state index in [1.165, 1.54) is 5.56 Å². The van der Waals surface area contributed by atoms with E-state index in [0.717, 1.165) is 16.4 Å². The third-order valence-electron chi connectivity index (χ3n) is 5.44. The average molecular weight is 525 g/mol. The van der Waals surface area contributed by atoms with Gasteiger partial charge in [0.25, 0.3) is 0 Å². The van der Waals surface area contributed by atoms with Crippen molar-refractivity contribution in [3.05, 3.63) is 90.0 Å². The zero-order valence-electron chi connectivity index (χ0n) is 19.6. The lowest BCUT2D eigenvalue weighted by Crippen LogP contribution is -2.46. The minimum atomic E-state index is -1.01. The van der Waals surface area contributed by atoms with Crippen molar-refractivity contribution in [2.24, 2.45) is 0 Å². The van der Waals surface area contributed by atoms with Crippen molar-refractivity contribution in [2.45, 2.75) is 29.2 Å². The van der Waals surface area contributed by atoms with E-state index in [0.29, 0.717) is 22.8 Å². The lowest BCUT2D eigenvalue weighted by Gasteiger charge is -2.22. The van der Waals surface area contributed by atoms with Gasteiger partial charge in [0.05, 0.1) is 12.5 Å². The van der Waals surface area contributed by atoms with E-state index < -0.39 is 18.0 Å². The molecule has 0 saturated heterocycles. The molecule has 3 aromatic carbocycles. The second kappa shape index (κ2) is 13.1. The molecular formula is C27H28N2O5S2. The van der Waals surface area contributed by atoms with Gasteiger partial charge < -0.3 is 25.2 Å². The van der Waals surface area contributed by atoms with Gasteiger partial charge in [-0.25, -0.2) is 4.79 Å². The van der Waals surface area contributed by atoms with E-state index in [9.17, 15) is 14.7 Å². The number of rotatable bonds is 12. The van der Waals surface area contributed by atoms with Crippen LogP contribution in [0.2, 0.25) is 0 Å². The van der Waals surface area contributed by atoms with Crippen LogP contribution in [0.3, 0.4) is 0 Å². The summed E-state index contributed by atoms with van der Waals surface area (Å²) in [5, 5.41) is 15.3. The summed E-state index contributed by atoms with van der Waals surface area (Å²) in [6, 6.07) is 24.2. The van der Waals surface area contributed by atoms with E-state index in [1.807, 2.05) is 48.5 Å². The van der Waals surface area contributed by atoms with Crippen molar-refractivity contribution in [3.8, 4) is 11.5 Å². The molecule has 2 amide bonds. The van der Waals surface area contributed by atoms with Gasteiger partial charge in [0.15, 0.2) is 11.5 Å².